The van der Waals surface area contributed by atoms with Crippen LogP contribution in [0.4, 0.5) is 5.69 Å². The van der Waals surface area contributed by atoms with E-state index >= 15 is 0 Å². The summed E-state index contributed by atoms with van der Waals surface area (Å²) in [4.78, 5) is 18.5. The highest BCUT2D eigenvalue weighted by molar-refractivity contribution is 9.10. The van der Waals surface area contributed by atoms with Gasteiger partial charge in [-0.3, -0.25) is 9.79 Å². The summed E-state index contributed by atoms with van der Waals surface area (Å²) in [6, 6.07) is 13.5. The van der Waals surface area contributed by atoms with Gasteiger partial charge in [-0.1, -0.05) is 45.7 Å². The molecule has 0 saturated heterocycles. The average Bonchev–Trinajstić information content (AvgIpc) is 2.51. The van der Waals surface area contributed by atoms with Crippen molar-refractivity contribution in [3.05, 3.63) is 63.1 Å². The largest absolute Gasteiger partial charge is 0.315 e. The molecule has 0 atom stereocenters. The lowest BCUT2D eigenvalue weighted by atomic mass is 9.99. The molecule has 0 aromatic heterocycles. The molecule has 0 N–H and O–H groups in total. The monoisotopic (exact) mass is 376 g/mol. The Morgan fingerprint density at radius 1 is 1.18 bits per heavy atom. The molecule has 1 heterocycles. The van der Waals surface area contributed by atoms with Crippen LogP contribution in [0.3, 0.4) is 0 Å². The zero-order valence-corrected chi connectivity index (χ0v) is 14.4. The standard InChI is InChI=1S/C17H14BrClN2O/c1-21-15-7-6-11(18)10-13(15)17(20-9-8-16(21)22)12-4-2-3-5-14(12)19/h2-7,10H,8-9H2,1H3. The van der Waals surface area contributed by atoms with E-state index in [0.29, 0.717) is 18.0 Å². The molecule has 1 aliphatic rings. The van der Waals surface area contributed by atoms with Crippen LogP contribution in [-0.4, -0.2) is 25.2 Å². The van der Waals surface area contributed by atoms with E-state index in [1.807, 2.05) is 42.5 Å². The van der Waals surface area contributed by atoms with Crippen LogP contribution in [0, 0.1) is 0 Å². The number of carbonyl (C=O) groups excluding carboxylic acids is 1. The lowest BCUT2D eigenvalue weighted by Gasteiger charge is -2.24. The molecule has 1 aliphatic heterocycles. The summed E-state index contributed by atoms with van der Waals surface area (Å²) >= 11 is 9.85. The number of carbonyl (C=O) groups is 1. The highest BCUT2D eigenvalue weighted by Crippen LogP contribution is 2.30. The van der Waals surface area contributed by atoms with Gasteiger partial charge in [0.1, 0.15) is 0 Å². The van der Waals surface area contributed by atoms with E-state index in [9.17, 15) is 4.79 Å². The summed E-state index contributed by atoms with van der Waals surface area (Å²) in [5.41, 5.74) is 3.44. The molecule has 0 spiro atoms. The van der Waals surface area contributed by atoms with Gasteiger partial charge >= 0.3 is 0 Å². The van der Waals surface area contributed by atoms with Gasteiger partial charge in [0.25, 0.3) is 0 Å². The maximum Gasteiger partial charge on any atom is 0.228 e. The highest BCUT2D eigenvalue weighted by atomic mass is 79.9. The number of fused-ring (bicyclic) bond motifs is 1. The first kappa shape index (κ1) is 15.3. The normalized spacial score (nSPS) is 15.0. The van der Waals surface area contributed by atoms with Crippen molar-refractivity contribution < 1.29 is 4.79 Å². The summed E-state index contributed by atoms with van der Waals surface area (Å²) in [5, 5.41) is 0.654. The van der Waals surface area contributed by atoms with Crippen LogP contribution in [0.1, 0.15) is 17.5 Å². The van der Waals surface area contributed by atoms with Crippen LogP contribution in [0.5, 0.6) is 0 Å². The van der Waals surface area contributed by atoms with E-state index < -0.39 is 0 Å². The third-order valence-electron chi connectivity index (χ3n) is 3.67. The van der Waals surface area contributed by atoms with E-state index in [4.69, 9.17) is 11.6 Å². The second-order valence-electron chi connectivity index (χ2n) is 5.07. The van der Waals surface area contributed by atoms with Crippen LogP contribution in [0.15, 0.2) is 51.9 Å². The molecule has 0 unspecified atom stereocenters. The van der Waals surface area contributed by atoms with Crippen molar-refractivity contribution in [3.63, 3.8) is 0 Å². The van der Waals surface area contributed by atoms with Gasteiger partial charge in [0.2, 0.25) is 5.91 Å². The zero-order chi connectivity index (χ0) is 15.7. The Morgan fingerprint density at radius 3 is 2.73 bits per heavy atom. The van der Waals surface area contributed by atoms with Crippen LogP contribution in [0.2, 0.25) is 5.02 Å². The average molecular weight is 378 g/mol. The molecule has 0 fully saturated rings. The summed E-state index contributed by atoms with van der Waals surface area (Å²) in [5.74, 6) is 0.0607. The molecular formula is C17H14BrClN2O. The first-order chi connectivity index (χ1) is 10.6. The predicted molar refractivity (Wildman–Crippen MR) is 94.1 cm³/mol. The number of nitrogens with zero attached hydrogens (tertiary/aromatic N) is 2. The van der Waals surface area contributed by atoms with Crippen LogP contribution in [0.25, 0.3) is 0 Å². The van der Waals surface area contributed by atoms with Crippen LogP contribution in [-0.2, 0) is 4.79 Å². The second-order valence-corrected chi connectivity index (χ2v) is 6.40. The molecule has 22 heavy (non-hydrogen) atoms. The van der Waals surface area contributed by atoms with Crippen molar-refractivity contribution in [3.8, 4) is 0 Å². The van der Waals surface area contributed by atoms with Crippen LogP contribution < -0.4 is 4.90 Å². The zero-order valence-electron chi connectivity index (χ0n) is 12.0. The lowest BCUT2D eigenvalue weighted by molar-refractivity contribution is -0.118. The number of hydrogen-bond acceptors (Lipinski definition) is 2. The summed E-state index contributed by atoms with van der Waals surface area (Å²) in [6.07, 6.45) is 0.389. The number of amides is 1. The summed E-state index contributed by atoms with van der Waals surface area (Å²) in [7, 11) is 1.80. The van der Waals surface area contributed by atoms with E-state index in [0.717, 1.165) is 27.0 Å². The van der Waals surface area contributed by atoms with Crippen molar-refractivity contribution in [2.45, 2.75) is 6.42 Å². The Bertz CT molecular complexity index is 773. The van der Waals surface area contributed by atoms with Crippen molar-refractivity contribution in [1.82, 2.24) is 0 Å². The fourth-order valence-corrected chi connectivity index (χ4v) is 3.11. The minimum Gasteiger partial charge on any atom is -0.315 e. The third kappa shape index (κ3) is 2.81. The molecule has 5 heteroatoms. The summed E-state index contributed by atoms with van der Waals surface area (Å²) in [6.45, 7) is 0.454. The Balaban J connectivity index is 2.25. The number of benzene rings is 2. The van der Waals surface area contributed by atoms with E-state index in [1.54, 1.807) is 11.9 Å². The Kier molecular flexibility index (Phi) is 4.32. The number of aliphatic imine (C=N–C) groups is 1. The minimum atomic E-state index is 0.0607. The van der Waals surface area contributed by atoms with Gasteiger partial charge in [-0.05, 0) is 24.3 Å². The van der Waals surface area contributed by atoms with E-state index in [-0.39, 0.29) is 5.91 Å². The second kappa shape index (κ2) is 6.23. The first-order valence-corrected chi connectivity index (χ1v) is 8.11. The lowest BCUT2D eigenvalue weighted by Crippen LogP contribution is -2.30. The fourth-order valence-electron chi connectivity index (χ4n) is 2.52. The maximum absolute atomic E-state index is 12.1. The van der Waals surface area contributed by atoms with Crippen molar-refractivity contribution in [1.29, 1.82) is 0 Å². The van der Waals surface area contributed by atoms with Crippen molar-refractivity contribution in [2.24, 2.45) is 4.99 Å². The van der Waals surface area contributed by atoms with Crippen molar-refractivity contribution in [2.75, 3.05) is 18.5 Å². The van der Waals surface area contributed by atoms with Gasteiger partial charge in [0.15, 0.2) is 0 Å². The molecule has 2 aromatic carbocycles. The van der Waals surface area contributed by atoms with Gasteiger partial charge in [0, 0.05) is 40.6 Å². The van der Waals surface area contributed by atoms with Crippen LogP contribution >= 0.6 is 27.5 Å². The summed E-state index contributed by atoms with van der Waals surface area (Å²) < 4.78 is 0.937. The minimum absolute atomic E-state index is 0.0607. The molecule has 0 saturated carbocycles. The molecule has 3 rings (SSSR count). The van der Waals surface area contributed by atoms with Gasteiger partial charge in [-0.2, -0.15) is 0 Å². The molecule has 0 radical (unpaired) electrons. The molecule has 0 aliphatic carbocycles. The Hall–Kier alpha value is -1.65. The van der Waals surface area contributed by atoms with Gasteiger partial charge in [0.05, 0.1) is 11.4 Å². The third-order valence-corrected chi connectivity index (χ3v) is 4.50. The number of anilines is 1. The molecule has 2 aromatic rings. The Labute approximate surface area is 142 Å². The topological polar surface area (TPSA) is 32.7 Å². The molecule has 1 amide bonds. The molecule has 0 bridgehead atoms. The number of halogens is 2. The van der Waals surface area contributed by atoms with Gasteiger partial charge < -0.3 is 4.90 Å². The quantitative estimate of drug-likeness (QED) is 0.729. The van der Waals surface area contributed by atoms with Gasteiger partial charge in [-0.25, -0.2) is 0 Å². The molecular weight excluding hydrogens is 364 g/mol. The molecule has 3 nitrogen and oxygen atoms in total. The molecule has 112 valence electrons. The predicted octanol–water partition coefficient (Wildman–Crippen LogP) is 4.31. The van der Waals surface area contributed by atoms with E-state index in [2.05, 4.69) is 20.9 Å². The van der Waals surface area contributed by atoms with Gasteiger partial charge in [-0.15, -0.1) is 0 Å². The Morgan fingerprint density at radius 2 is 1.95 bits per heavy atom. The maximum atomic E-state index is 12.1. The SMILES string of the molecule is CN1C(=O)CCN=C(c2ccccc2Cl)c2cc(Br)ccc21. The van der Waals surface area contributed by atoms with Crippen molar-refractivity contribution >= 4 is 44.8 Å². The van der Waals surface area contributed by atoms with E-state index in [1.165, 1.54) is 0 Å². The number of rotatable bonds is 1. The smallest absolute Gasteiger partial charge is 0.228 e. The first-order valence-electron chi connectivity index (χ1n) is 6.94. The number of hydrogen-bond donors (Lipinski definition) is 0. The fraction of sp³-hybridized carbons (Fsp3) is 0.176. The highest BCUT2D eigenvalue weighted by Gasteiger charge is 2.22.